The molecule has 1 aliphatic heterocycles. The zero-order chi connectivity index (χ0) is 37.3. The van der Waals surface area contributed by atoms with Crippen molar-refractivity contribution in [2.75, 3.05) is 9.80 Å². The number of benzene rings is 3. The molecule has 3 aromatic carbocycles. The standard InChI is InChI=1S/C27H37N2.C8H9N.C4H11Si.C4H10Si.V/c1-18(2)22-11-9-12-23(19(3)4)26(22)28-15-16-29(17-28)27-24(20(5)6)13-10-14-25(27)21(7)8;1-6-4-3-5-7(2)8(6)9;2*1-5(2,3)4;/h9-21H,1-8H3;3-5H,1-2H3;1H2,2-4H3;1H,2-4H3;/q-1;;-1;;. The fraction of sp³-hybridized carbons (Fsp3) is 0.465. The maximum absolute atomic E-state index is 4.76. The van der Waals surface area contributed by atoms with Gasteiger partial charge < -0.3 is 16.3 Å². The van der Waals surface area contributed by atoms with E-state index in [-0.39, 0.29) is 15.7 Å². The maximum atomic E-state index is 4.76. The molecule has 4 rings (SSSR count). The van der Waals surface area contributed by atoms with Gasteiger partial charge in [-0.1, -0.05) is 111 Å². The summed E-state index contributed by atoms with van der Waals surface area (Å²) >= 11 is 0.0291. The monoisotopic (exact) mass is 732 g/mol. The number of nitrogens with zero attached hydrogens (tertiary/aromatic N) is 3. The predicted molar refractivity (Wildman–Crippen MR) is 224 cm³/mol. The summed E-state index contributed by atoms with van der Waals surface area (Å²) in [4.78, 5) is 4.65. The second-order valence-electron chi connectivity index (χ2n) is 16.9. The molecule has 0 amide bonds. The molecule has 6 heteroatoms. The van der Waals surface area contributed by atoms with Crippen LogP contribution in [0, 0.1) is 27.1 Å². The van der Waals surface area contributed by atoms with Crippen LogP contribution in [-0.4, -0.2) is 20.5 Å². The van der Waals surface area contributed by atoms with E-state index in [1.165, 1.54) is 50.4 Å². The molecule has 49 heavy (non-hydrogen) atoms. The van der Waals surface area contributed by atoms with Gasteiger partial charge in [-0.05, 0) is 58.3 Å². The molecule has 3 nitrogen and oxygen atoms in total. The molecule has 0 spiro atoms. The van der Waals surface area contributed by atoms with Crippen molar-refractivity contribution < 1.29 is 15.7 Å². The summed E-state index contributed by atoms with van der Waals surface area (Å²) in [5, 5.41) is 0. The van der Waals surface area contributed by atoms with Crippen molar-refractivity contribution in [2.24, 2.45) is 3.79 Å². The molecule has 269 valence electrons. The fourth-order valence-electron chi connectivity index (χ4n) is 5.46. The summed E-state index contributed by atoms with van der Waals surface area (Å²) < 4.78 is 7.25. The molecule has 1 heterocycles. The van der Waals surface area contributed by atoms with Gasteiger partial charge in [0.05, 0.1) is 0 Å². The third kappa shape index (κ3) is 13.7. The van der Waals surface area contributed by atoms with Gasteiger partial charge in [-0.15, -0.1) is 14.7 Å². The second-order valence-corrected chi connectivity index (χ2v) is 28.9. The molecule has 0 bridgehead atoms. The first-order valence-electron chi connectivity index (χ1n) is 18.1. The van der Waals surface area contributed by atoms with Crippen LogP contribution in [0.25, 0.3) is 0 Å². The Morgan fingerprint density at radius 1 is 0.612 bits per heavy atom. The summed E-state index contributed by atoms with van der Waals surface area (Å²) in [6.45, 7) is 42.5. The summed E-state index contributed by atoms with van der Waals surface area (Å²) in [6.07, 6.45) is 4.43. The van der Waals surface area contributed by atoms with Gasteiger partial charge in [-0.25, -0.2) is 0 Å². The first kappa shape index (κ1) is 42.9. The first-order chi connectivity index (χ1) is 22.6. The summed E-state index contributed by atoms with van der Waals surface area (Å²) in [6, 6.07) is 19.9. The predicted octanol–water partition coefficient (Wildman–Crippen LogP) is 13.7. The zero-order valence-electron chi connectivity index (χ0n) is 33.8. The molecule has 0 aliphatic carbocycles. The minimum atomic E-state index is -1.02. The van der Waals surface area contributed by atoms with Gasteiger partial charge in [0, 0.05) is 11.4 Å². The normalized spacial score (nSPS) is 13.0. The van der Waals surface area contributed by atoms with Crippen molar-refractivity contribution in [1.29, 1.82) is 0 Å². The van der Waals surface area contributed by atoms with E-state index in [9.17, 15) is 0 Å². The number of hydrogen-bond acceptors (Lipinski definition) is 3. The molecular weight excluding hydrogens is 666 g/mol. The molecule has 0 fully saturated rings. The maximum Gasteiger partial charge on any atom is -0.0951 e. The van der Waals surface area contributed by atoms with Crippen LogP contribution < -0.4 is 9.80 Å². The second kappa shape index (κ2) is 18.8. The van der Waals surface area contributed by atoms with Gasteiger partial charge in [-0.2, -0.15) is 0 Å². The van der Waals surface area contributed by atoms with Gasteiger partial charge in [0.2, 0.25) is 0 Å². The van der Waals surface area contributed by atoms with Crippen molar-refractivity contribution >= 4 is 37.6 Å². The molecular formula is C43H67N3Si2V-2. The van der Waals surface area contributed by atoms with Crippen molar-refractivity contribution in [2.45, 2.75) is 132 Å². The van der Waals surface area contributed by atoms with Gasteiger partial charge in [0.25, 0.3) is 0 Å². The Kier molecular flexibility index (Phi) is 16.4. The topological polar surface area (TPSA) is 18.8 Å². The van der Waals surface area contributed by atoms with Gasteiger partial charge >= 0.3 is 100 Å². The third-order valence-electron chi connectivity index (χ3n) is 7.88. The van der Waals surface area contributed by atoms with Crippen LogP contribution in [0.3, 0.4) is 0 Å². The minimum absolute atomic E-state index is 0.0291. The largest absolute Gasteiger partial charge is 0.342 e. The van der Waals surface area contributed by atoms with E-state index in [0.29, 0.717) is 23.7 Å². The number of rotatable bonds is 8. The van der Waals surface area contributed by atoms with E-state index in [1.807, 2.05) is 0 Å². The Morgan fingerprint density at radius 3 is 1.20 bits per heavy atom. The van der Waals surface area contributed by atoms with E-state index in [2.05, 4.69) is 203 Å². The van der Waals surface area contributed by atoms with Gasteiger partial charge in [0.1, 0.15) is 0 Å². The van der Waals surface area contributed by atoms with Crippen LogP contribution in [0.4, 0.5) is 17.1 Å². The molecule has 0 saturated heterocycles. The molecule has 0 N–H and O–H groups in total. The smallest absolute Gasteiger partial charge is 0.0951 e. The zero-order valence-corrected chi connectivity index (χ0v) is 37.2. The molecule has 0 unspecified atom stereocenters. The number of hydrogen-bond donors (Lipinski definition) is 0. The first-order valence-corrected chi connectivity index (χ1v) is 26.9. The van der Waals surface area contributed by atoms with Crippen LogP contribution in [0.15, 0.2) is 70.8 Å². The van der Waals surface area contributed by atoms with Crippen molar-refractivity contribution in [3.8, 4) is 0 Å². The van der Waals surface area contributed by atoms with Crippen LogP contribution in [-0.2, 0) is 15.7 Å². The van der Waals surface area contributed by atoms with Crippen LogP contribution in [0.5, 0.6) is 0 Å². The molecule has 0 radical (unpaired) electrons. The Morgan fingerprint density at radius 2 is 0.918 bits per heavy atom. The van der Waals surface area contributed by atoms with E-state index >= 15 is 0 Å². The van der Waals surface area contributed by atoms with Crippen LogP contribution in [0.2, 0.25) is 39.3 Å². The van der Waals surface area contributed by atoms with Crippen LogP contribution in [0.1, 0.15) is 112 Å². The number of aryl methyl sites for hydroxylation is 2. The van der Waals surface area contributed by atoms with E-state index in [4.69, 9.17) is 3.79 Å². The summed E-state index contributed by atoms with van der Waals surface area (Å²) in [5.41, 5.74) is 12.1. The fourth-order valence-corrected chi connectivity index (χ4v) is 8.43. The Labute approximate surface area is 311 Å². The Balaban J connectivity index is 0.000000347. The number of para-hydroxylation sites is 2. The van der Waals surface area contributed by atoms with Crippen molar-refractivity contribution in [3.05, 3.63) is 114 Å². The van der Waals surface area contributed by atoms with Crippen LogP contribution >= 0.6 is 0 Å². The third-order valence-corrected chi connectivity index (χ3v) is 13.4. The van der Waals surface area contributed by atoms with Gasteiger partial charge in [0.15, 0.2) is 0 Å². The van der Waals surface area contributed by atoms with Gasteiger partial charge in [-0.3, -0.25) is 0 Å². The average Bonchev–Trinajstić information content (AvgIpc) is 3.46. The SMILES string of the molecule is CC(C)c1cccc(C(C)C)c1N1C=CN(c2c(C(C)C)cccc2C(C)C)[CH-]1.Cc1cccc(C)c1[N]=[V]=[CH][Si](C)(C)C.[CH2-][Si](C)(C)C. The Hall–Kier alpha value is -2.31. The quantitative estimate of drug-likeness (QED) is 0.170. The molecule has 0 saturated carbocycles. The molecule has 3 aromatic rings. The summed E-state index contributed by atoms with van der Waals surface area (Å²) in [7, 11) is -1.88. The average molecular weight is 733 g/mol. The summed E-state index contributed by atoms with van der Waals surface area (Å²) in [5.74, 6) is 1.92. The molecule has 1 aliphatic rings. The van der Waals surface area contributed by atoms with E-state index in [1.54, 1.807) is 0 Å². The molecule has 0 aromatic heterocycles. The number of anilines is 2. The van der Waals surface area contributed by atoms with Crippen molar-refractivity contribution in [1.82, 2.24) is 0 Å². The molecule has 0 atom stereocenters. The van der Waals surface area contributed by atoms with E-state index in [0.717, 1.165) is 0 Å². The van der Waals surface area contributed by atoms with E-state index < -0.39 is 16.1 Å². The minimum Gasteiger partial charge on any atom is -0.342 e. The Bertz CT molecular complexity index is 1450. The van der Waals surface area contributed by atoms with Crippen molar-refractivity contribution in [3.63, 3.8) is 0 Å².